The highest BCUT2D eigenvalue weighted by molar-refractivity contribution is 5.88. The zero-order valence-corrected chi connectivity index (χ0v) is 12.8. The quantitative estimate of drug-likeness (QED) is 0.630. The van der Waals surface area contributed by atoms with E-state index in [1.54, 1.807) is 36.4 Å². The van der Waals surface area contributed by atoms with E-state index in [2.05, 4.69) is 5.32 Å². The Kier molecular flexibility index (Phi) is 5.19. The van der Waals surface area contributed by atoms with Crippen LogP contribution in [0.5, 0.6) is 11.5 Å². The van der Waals surface area contributed by atoms with Gasteiger partial charge in [-0.2, -0.15) is 0 Å². The lowest BCUT2D eigenvalue weighted by Gasteiger charge is -2.11. The first kappa shape index (κ1) is 16.4. The molecule has 120 valence electrons. The molecule has 0 saturated heterocycles. The number of esters is 1. The Hall–Kier alpha value is -3.02. The first-order valence-electron chi connectivity index (χ1n) is 6.92. The molecule has 0 saturated carbocycles. The predicted molar refractivity (Wildman–Crippen MR) is 85.0 cm³/mol. The minimum atomic E-state index is -0.971. The van der Waals surface area contributed by atoms with Gasteiger partial charge < -0.3 is 19.9 Å². The number of nitrogens with one attached hydrogen (secondary N) is 1. The summed E-state index contributed by atoms with van der Waals surface area (Å²) >= 11 is 0. The van der Waals surface area contributed by atoms with E-state index in [0.717, 1.165) is 5.56 Å². The van der Waals surface area contributed by atoms with E-state index in [4.69, 9.17) is 14.6 Å². The second-order valence-electron chi connectivity index (χ2n) is 4.82. The minimum Gasteiger partial charge on any atom is -0.493 e. The average molecular weight is 315 g/mol. The van der Waals surface area contributed by atoms with Gasteiger partial charge in [0.25, 0.3) is 0 Å². The van der Waals surface area contributed by atoms with Gasteiger partial charge in [-0.25, -0.2) is 4.79 Å². The van der Waals surface area contributed by atoms with Gasteiger partial charge >= 0.3 is 11.9 Å². The number of hydrogen-bond acceptors (Lipinski definition) is 5. The molecule has 0 bridgehead atoms. The standard InChI is InChI=1S/C17H17NO5/c1-11(19)23-15-7-6-12(8-16(15)22-2)10-18-14-5-3-4-13(9-14)17(20)21/h3-9,18H,10H2,1-2H3,(H,20,21). The fourth-order valence-corrected chi connectivity index (χ4v) is 2.03. The summed E-state index contributed by atoms with van der Waals surface area (Å²) < 4.78 is 10.3. The highest BCUT2D eigenvalue weighted by Gasteiger charge is 2.08. The van der Waals surface area contributed by atoms with Crippen LogP contribution in [0, 0.1) is 0 Å². The minimum absolute atomic E-state index is 0.220. The SMILES string of the molecule is COc1cc(CNc2cccc(C(=O)O)c2)ccc1OC(C)=O. The van der Waals surface area contributed by atoms with Gasteiger partial charge in [0.2, 0.25) is 0 Å². The van der Waals surface area contributed by atoms with Crippen LogP contribution in [0.15, 0.2) is 42.5 Å². The van der Waals surface area contributed by atoms with Crippen LogP contribution in [0.1, 0.15) is 22.8 Å². The van der Waals surface area contributed by atoms with Crippen LogP contribution in [0.25, 0.3) is 0 Å². The molecule has 0 atom stereocenters. The van der Waals surface area contributed by atoms with Gasteiger partial charge in [0, 0.05) is 19.2 Å². The zero-order valence-electron chi connectivity index (χ0n) is 12.8. The van der Waals surface area contributed by atoms with Crippen molar-refractivity contribution in [3.05, 3.63) is 53.6 Å². The van der Waals surface area contributed by atoms with Crippen molar-refractivity contribution >= 4 is 17.6 Å². The van der Waals surface area contributed by atoms with E-state index in [1.807, 2.05) is 0 Å². The Bertz CT molecular complexity index is 727. The molecule has 6 heteroatoms. The van der Waals surface area contributed by atoms with Crippen LogP contribution >= 0.6 is 0 Å². The maximum atomic E-state index is 11.0. The van der Waals surface area contributed by atoms with Crippen molar-refractivity contribution in [2.75, 3.05) is 12.4 Å². The molecule has 0 aliphatic heterocycles. The number of carboxylic acids is 1. The molecule has 0 radical (unpaired) electrons. The largest absolute Gasteiger partial charge is 0.493 e. The third-order valence-corrected chi connectivity index (χ3v) is 3.09. The molecule has 0 fully saturated rings. The van der Waals surface area contributed by atoms with E-state index in [0.29, 0.717) is 23.7 Å². The number of hydrogen-bond donors (Lipinski definition) is 2. The van der Waals surface area contributed by atoms with Crippen molar-refractivity contribution in [3.8, 4) is 11.5 Å². The van der Waals surface area contributed by atoms with Crippen LogP contribution < -0.4 is 14.8 Å². The van der Waals surface area contributed by atoms with E-state index < -0.39 is 11.9 Å². The summed E-state index contributed by atoms with van der Waals surface area (Å²) in [5.41, 5.74) is 1.82. The lowest BCUT2D eigenvalue weighted by atomic mass is 10.1. The average Bonchev–Trinajstić information content (AvgIpc) is 2.53. The fraction of sp³-hybridized carbons (Fsp3) is 0.176. The Balaban J connectivity index is 2.10. The molecule has 2 aromatic carbocycles. The molecule has 2 aromatic rings. The van der Waals surface area contributed by atoms with Gasteiger partial charge in [-0.05, 0) is 35.9 Å². The second kappa shape index (κ2) is 7.31. The molecule has 2 N–H and O–H groups in total. The van der Waals surface area contributed by atoms with E-state index in [-0.39, 0.29) is 5.56 Å². The third kappa shape index (κ3) is 4.47. The molecule has 0 amide bonds. The van der Waals surface area contributed by atoms with Crippen LogP contribution in [0.2, 0.25) is 0 Å². The van der Waals surface area contributed by atoms with Crippen LogP contribution in [-0.2, 0) is 11.3 Å². The lowest BCUT2D eigenvalue weighted by molar-refractivity contribution is -0.132. The number of aromatic carboxylic acids is 1. The van der Waals surface area contributed by atoms with E-state index in [1.165, 1.54) is 20.1 Å². The topological polar surface area (TPSA) is 84.9 Å². The van der Waals surface area contributed by atoms with Crippen molar-refractivity contribution in [1.82, 2.24) is 0 Å². The number of methoxy groups -OCH3 is 1. The predicted octanol–water partition coefficient (Wildman–Crippen LogP) is 2.93. The molecule has 0 aromatic heterocycles. The van der Waals surface area contributed by atoms with Crippen molar-refractivity contribution in [3.63, 3.8) is 0 Å². The number of carbonyl (C=O) groups excluding carboxylic acids is 1. The van der Waals surface area contributed by atoms with Gasteiger partial charge in [0.05, 0.1) is 12.7 Å². The summed E-state index contributed by atoms with van der Waals surface area (Å²) in [7, 11) is 1.50. The van der Waals surface area contributed by atoms with Gasteiger partial charge in [-0.15, -0.1) is 0 Å². The Morgan fingerprint density at radius 2 is 1.91 bits per heavy atom. The Labute approximate surface area is 133 Å². The normalized spacial score (nSPS) is 10.0. The summed E-state index contributed by atoms with van der Waals surface area (Å²) in [4.78, 5) is 22.0. The van der Waals surface area contributed by atoms with Crippen LogP contribution in [0.4, 0.5) is 5.69 Å². The van der Waals surface area contributed by atoms with Gasteiger partial charge in [-0.3, -0.25) is 4.79 Å². The van der Waals surface area contributed by atoms with Crippen molar-refractivity contribution in [1.29, 1.82) is 0 Å². The summed E-state index contributed by atoms with van der Waals surface area (Å²) in [5.74, 6) is -0.573. The monoisotopic (exact) mass is 315 g/mol. The molecule has 0 aliphatic rings. The lowest BCUT2D eigenvalue weighted by Crippen LogP contribution is -2.05. The van der Waals surface area contributed by atoms with E-state index in [9.17, 15) is 9.59 Å². The molecule has 23 heavy (non-hydrogen) atoms. The van der Waals surface area contributed by atoms with Gasteiger partial charge in [-0.1, -0.05) is 12.1 Å². The number of benzene rings is 2. The van der Waals surface area contributed by atoms with Gasteiger partial charge in [0.15, 0.2) is 11.5 Å². The first-order valence-corrected chi connectivity index (χ1v) is 6.92. The maximum Gasteiger partial charge on any atom is 0.335 e. The molecule has 0 heterocycles. The number of anilines is 1. The highest BCUT2D eigenvalue weighted by Crippen LogP contribution is 2.28. The fourth-order valence-electron chi connectivity index (χ4n) is 2.03. The van der Waals surface area contributed by atoms with Crippen molar-refractivity contribution in [2.24, 2.45) is 0 Å². The molecule has 6 nitrogen and oxygen atoms in total. The number of ether oxygens (including phenoxy) is 2. The van der Waals surface area contributed by atoms with Gasteiger partial charge in [0.1, 0.15) is 0 Å². The number of rotatable bonds is 6. The zero-order chi connectivity index (χ0) is 16.8. The molecule has 2 rings (SSSR count). The Morgan fingerprint density at radius 3 is 2.57 bits per heavy atom. The summed E-state index contributed by atoms with van der Waals surface area (Å²) in [6.45, 7) is 1.80. The smallest absolute Gasteiger partial charge is 0.335 e. The van der Waals surface area contributed by atoms with Crippen LogP contribution in [-0.4, -0.2) is 24.2 Å². The summed E-state index contributed by atoms with van der Waals surface area (Å²) in [5, 5.41) is 12.1. The van der Waals surface area contributed by atoms with E-state index >= 15 is 0 Å². The summed E-state index contributed by atoms with van der Waals surface area (Å²) in [6.07, 6.45) is 0. The molecule has 0 spiro atoms. The second-order valence-corrected chi connectivity index (χ2v) is 4.82. The highest BCUT2D eigenvalue weighted by atomic mass is 16.6. The van der Waals surface area contributed by atoms with Crippen molar-refractivity contribution in [2.45, 2.75) is 13.5 Å². The molecular weight excluding hydrogens is 298 g/mol. The Morgan fingerprint density at radius 1 is 1.13 bits per heavy atom. The maximum absolute atomic E-state index is 11.0. The third-order valence-electron chi connectivity index (χ3n) is 3.09. The molecular formula is C17H17NO5. The number of carboxylic acid groups (broad SMARTS) is 1. The van der Waals surface area contributed by atoms with Crippen molar-refractivity contribution < 1.29 is 24.2 Å². The first-order chi connectivity index (χ1) is 11.0. The number of carbonyl (C=O) groups is 2. The molecule has 0 unspecified atom stereocenters. The molecule has 0 aliphatic carbocycles. The summed E-state index contributed by atoms with van der Waals surface area (Å²) in [6, 6.07) is 11.8. The van der Waals surface area contributed by atoms with Crippen LogP contribution in [0.3, 0.4) is 0 Å².